The number of nitrogens with zero attached hydrogens (tertiary/aromatic N) is 3. The Hall–Kier alpha value is -2.67. The van der Waals surface area contributed by atoms with Gasteiger partial charge in [0.15, 0.2) is 5.82 Å². The zero-order valence-electron chi connectivity index (χ0n) is 10.8. The molecule has 20 heavy (non-hydrogen) atoms. The number of hydrogen-bond donors (Lipinski definition) is 2. The highest BCUT2D eigenvalue weighted by Crippen LogP contribution is 2.27. The van der Waals surface area contributed by atoms with Crippen LogP contribution in [0.25, 0.3) is 17.0 Å². The summed E-state index contributed by atoms with van der Waals surface area (Å²) in [6, 6.07) is 8.82. The zero-order chi connectivity index (χ0) is 14.1. The summed E-state index contributed by atoms with van der Waals surface area (Å²) in [5.74, 6) is 1.46. The lowest BCUT2D eigenvalue weighted by atomic mass is 10.1. The Morgan fingerprint density at radius 2 is 2.20 bits per heavy atom. The molecule has 0 aliphatic carbocycles. The van der Waals surface area contributed by atoms with E-state index in [0.717, 1.165) is 5.56 Å². The van der Waals surface area contributed by atoms with Gasteiger partial charge >= 0.3 is 0 Å². The molecule has 7 heteroatoms. The number of benzene rings is 1. The van der Waals surface area contributed by atoms with Crippen molar-refractivity contribution < 1.29 is 4.74 Å². The molecule has 3 aromatic rings. The highest BCUT2D eigenvalue weighted by Gasteiger charge is 2.12. The van der Waals surface area contributed by atoms with Crippen molar-refractivity contribution in [2.24, 2.45) is 5.73 Å². The van der Waals surface area contributed by atoms with Gasteiger partial charge in [-0.3, -0.25) is 4.79 Å². The first-order chi connectivity index (χ1) is 9.74. The predicted molar refractivity (Wildman–Crippen MR) is 73.5 cm³/mol. The number of aromatic nitrogens is 4. The van der Waals surface area contributed by atoms with Gasteiger partial charge in [-0.1, -0.05) is 12.1 Å². The Morgan fingerprint density at radius 3 is 2.95 bits per heavy atom. The van der Waals surface area contributed by atoms with Crippen molar-refractivity contribution in [3.8, 4) is 17.0 Å². The summed E-state index contributed by atoms with van der Waals surface area (Å²) in [6.07, 6.45) is 0. The van der Waals surface area contributed by atoms with Crippen molar-refractivity contribution in [1.29, 1.82) is 0 Å². The average Bonchev–Trinajstić information content (AvgIpc) is 2.90. The minimum absolute atomic E-state index is 0.162. The molecule has 0 aliphatic heterocycles. The molecular formula is C13H13N5O2. The molecule has 0 saturated carbocycles. The molecule has 3 N–H and O–H groups in total. The topological polar surface area (TPSA) is 98.3 Å². The fourth-order valence-corrected chi connectivity index (χ4v) is 2.10. The molecule has 0 radical (unpaired) electrons. The summed E-state index contributed by atoms with van der Waals surface area (Å²) in [5.41, 5.74) is 6.58. The number of nitrogens with one attached hydrogen (secondary N) is 1. The molecule has 1 aromatic carbocycles. The van der Waals surface area contributed by atoms with E-state index in [1.54, 1.807) is 7.11 Å². The molecule has 0 atom stereocenters. The third-order valence-corrected chi connectivity index (χ3v) is 3.03. The molecule has 0 saturated heterocycles. The number of rotatable bonds is 3. The zero-order valence-corrected chi connectivity index (χ0v) is 10.8. The van der Waals surface area contributed by atoms with Crippen LogP contribution in [0, 0.1) is 0 Å². The highest BCUT2D eigenvalue weighted by molar-refractivity contribution is 5.67. The third-order valence-electron chi connectivity index (χ3n) is 3.03. The fourth-order valence-electron chi connectivity index (χ4n) is 2.10. The number of hydrogen-bond acceptors (Lipinski definition) is 5. The normalized spacial score (nSPS) is 10.9. The van der Waals surface area contributed by atoms with Gasteiger partial charge < -0.3 is 10.5 Å². The molecule has 0 fully saturated rings. The lowest BCUT2D eigenvalue weighted by molar-refractivity contribution is 0.416. The molecule has 0 amide bonds. The summed E-state index contributed by atoms with van der Waals surface area (Å²) in [6.45, 7) is 0.162. The number of aromatic amines is 1. The molecule has 0 unspecified atom stereocenters. The van der Waals surface area contributed by atoms with Crippen molar-refractivity contribution in [3.05, 3.63) is 46.5 Å². The summed E-state index contributed by atoms with van der Waals surface area (Å²) in [5, 5.41) is 6.68. The molecule has 3 rings (SSSR count). The molecule has 0 spiro atoms. The van der Waals surface area contributed by atoms with Crippen LogP contribution in [-0.4, -0.2) is 26.7 Å². The minimum Gasteiger partial charge on any atom is -0.496 e. The first-order valence-corrected chi connectivity index (χ1v) is 6.05. The third kappa shape index (κ3) is 1.84. The molecule has 0 bridgehead atoms. The Kier molecular flexibility index (Phi) is 2.96. The number of ether oxygens (including phenoxy) is 1. The van der Waals surface area contributed by atoms with Crippen LogP contribution < -0.4 is 16.0 Å². The van der Waals surface area contributed by atoms with Gasteiger partial charge in [0, 0.05) is 11.6 Å². The Bertz CT molecular complexity index is 821. The van der Waals surface area contributed by atoms with Gasteiger partial charge in [-0.2, -0.15) is 5.10 Å². The van der Waals surface area contributed by atoms with E-state index in [1.807, 2.05) is 24.3 Å². The summed E-state index contributed by atoms with van der Waals surface area (Å²) < 4.78 is 6.64. The lowest BCUT2D eigenvalue weighted by Gasteiger charge is -2.07. The average molecular weight is 271 g/mol. The molecule has 7 nitrogen and oxygen atoms in total. The molecule has 2 aromatic heterocycles. The van der Waals surface area contributed by atoms with Gasteiger partial charge in [0.25, 0.3) is 5.56 Å². The maximum atomic E-state index is 12.2. The second-order valence-electron chi connectivity index (χ2n) is 4.18. The highest BCUT2D eigenvalue weighted by atomic mass is 16.5. The summed E-state index contributed by atoms with van der Waals surface area (Å²) in [7, 11) is 1.58. The van der Waals surface area contributed by atoms with Gasteiger partial charge in [-0.25, -0.2) is 14.5 Å². The maximum Gasteiger partial charge on any atom is 0.261 e. The Balaban J connectivity index is 2.26. The molecule has 102 valence electrons. The van der Waals surface area contributed by atoms with Crippen molar-refractivity contribution >= 4 is 5.78 Å². The van der Waals surface area contributed by atoms with E-state index in [0.29, 0.717) is 23.0 Å². The van der Waals surface area contributed by atoms with E-state index in [-0.39, 0.29) is 12.1 Å². The maximum absolute atomic E-state index is 12.2. The van der Waals surface area contributed by atoms with E-state index in [4.69, 9.17) is 10.5 Å². The smallest absolute Gasteiger partial charge is 0.261 e. The first kappa shape index (κ1) is 12.4. The van der Waals surface area contributed by atoms with E-state index in [9.17, 15) is 4.79 Å². The first-order valence-electron chi connectivity index (χ1n) is 6.05. The van der Waals surface area contributed by atoms with Crippen molar-refractivity contribution in [3.63, 3.8) is 0 Å². The van der Waals surface area contributed by atoms with Crippen molar-refractivity contribution in [2.45, 2.75) is 6.54 Å². The lowest BCUT2D eigenvalue weighted by Crippen LogP contribution is -2.17. The number of nitrogens with two attached hydrogens (primary N) is 1. The van der Waals surface area contributed by atoms with Crippen LogP contribution in [0.15, 0.2) is 35.1 Å². The number of H-pyrrole nitrogens is 1. The number of fused-ring (bicyclic) bond motifs is 1. The van der Waals surface area contributed by atoms with Crippen LogP contribution in [0.3, 0.4) is 0 Å². The quantitative estimate of drug-likeness (QED) is 0.725. The fraction of sp³-hybridized carbons (Fsp3) is 0.154. The van der Waals surface area contributed by atoms with Gasteiger partial charge in [0.05, 0.1) is 19.3 Å². The van der Waals surface area contributed by atoms with Gasteiger partial charge in [0.2, 0.25) is 5.78 Å². The number of methoxy groups -OCH3 is 1. The van der Waals surface area contributed by atoms with Crippen molar-refractivity contribution in [2.75, 3.05) is 7.11 Å². The standard InChI is InChI=1S/C13H13N5O2/c1-20-10-5-3-2-4-8(10)9-6-12(19)18-11(7-14)16-17-13(18)15-9/h2-6H,7,14H2,1H3,(H,15,17). The van der Waals surface area contributed by atoms with E-state index in [2.05, 4.69) is 15.2 Å². The second kappa shape index (κ2) is 4.78. The van der Waals surface area contributed by atoms with Gasteiger partial charge in [-0.15, -0.1) is 0 Å². The van der Waals surface area contributed by atoms with E-state index < -0.39 is 0 Å². The van der Waals surface area contributed by atoms with Gasteiger partial charge in [0.1, 0.15) is 5.75 Å². The minimum atomic E-state index is -0.231. The van der Waals surface area contributed by atoms with Crippen molar-refractivity contribution in [1.82, 2.24) is 19.6 Å². The van der Waals surface area contributed by atoms with Gasteiger partial charge in [-0.05, 0) is 12.1 Å². The van der Waals surface area contributed by atoms with Crippen LogP contribution in [-0.2, 0) is 6.54 Å². The monoisotopic (exact) mass is 271 g/mol. The Labute approximate surface area is 114 Å². The van der Waals surface area contributed by atoms with E-state index in [1.165, 1.54) is 10.5 Å². The van der Waals surface area contributed by atoms with Crippen LogP contribution in [0.2, 0.25) is 0 Å². The molecule has 2 heterocycles. The molecule has 0 aliphatic rings. The second-order valence-corrected chi connectivity index (χ2v) is 4.18. The van der Waals surface area contributed by atoms with Crippen LogP contribution in [0.5, 0.6) is 5.75 Å². The molecular weight excluding hydrogens is 258 g/mol. The number of para-hydroxylation sites is 1. The van der Waals surface area contributed by atoms with Crippen LogP contribution in [0.4, 0.5) is 0 Å². The Morgan fingerprint density at radius 1 is 1.40 bits per heavy atom. The summed E-state index contributed by atoms with van der Waals surface area (Å²) in [4.78, 5) is 16.6. The van der Waals surface area contributed by atoms with Crippen LogP contribution >= 0.6 is 0 Å². The largest absolute Gasteiger partial charge is 0.496 e. The predicted octanol–water partition coefficient (Wildman–Crippen LogP) is 0.552. The van der Waals surface area contributed by atoms with E-state index >= 15 is 0 Å². The van der Waals surface area contributed by atoms with Crippen LogP contribution in [0.1, 0.15) is 5.82 Å². The SMILES string of the molecule is COc1ccccc1-c1cc(=O)n2c(CN)n[nH]c2n1. The summed E-state index contributed by atoms with van der Waals surface area (Å²) >= 11 is 0.